The number of nitrogens with one attached hydrogen (secondary N) is 1. The third kappa shape index (κ3) is 3.94. The molecule has 2 bridgehead atoms. The van der Waals surface area contributed by atoms with Crippen LogP contribution in [0.2, 0.25) is 0 Å². The lowest BCUT2D eigenvalue weighted by Crippen LogP contribution is -2.13. The fraction of sp³-hybridized carbons (Fsp3) is 0.231. The first-order valence-electron chi connectivity index (χ1n) is 11.0. The third-order valence-corrected chi connectivity index (χ3v) is 9.83. The van der Waals surface area contributed by atoms with Crippen molar-refractivity contribution >= 4 is 38.6 Å². The highest BCUT2D eigenvalue weighted by atomic mass is 32.2. The number of carbonyl (C=O) groups is 1. The van der Waals surface area contributed by atoms with E-state index >= 15 is 0 Å². The Morgan fingerprint density at radius 3 is 2.54 bits per heavy atom. The van der Waals surface area contributed by atoms with Gasteiger partial charge >= 0.3 is 5.97 Å². The second kappa shape index (κ2) is 8.35. The molecule has 180 valence electrons. The summed E-state index contributed by atoms with van der Waals surface area (Å²) in [6, 6.07) is 12.0. The fourth-order valence-corrected chi connectivity index (χ4v) is 7.10. The monoisotopic (exact) mass is 508 g/mol. The highest BCUT2D eigenvalue weighted by Gasteiger charge is 2.46. The SMILES string of the molecule is C=C1[C@H]2C=C(c3ccc(-c4ncc(S(=O)(=O)Nc5ccc(C(=O)O)cc5OC)s4)cc3)[C@]1(C)CC2. The van der Waals surface area contributed by atoms with Gasteiger partial charge in [0.05, 0.1) is 24.6 Å². The maximum absolute atomic E-state index is 13.0. The lowest BCUT2D eigenvalue weighted by Gasteiger charge is -2.26. The van der Waals surface area contributed by atoms with E-state index in [4.69, 9.17) is 9.84 Å². The molecule has 1 fully saturated rings. The number of hydrogen-bond donors (Lipinski definition) is 2. The van der Waals surface area contributed by atoms with Gasteiger partial charge in [-0.3, -0.25) is 4.72 Å². The Morgan fingerprint density at radius 2 is 1.94 bits per heavy atom. The Bertz CT molecular complexity index is 1490. The predicted molar refractivity (Wildman–Crippen MR) is 136 cm³/mol. The molecule has 0 saturated heterocycles. The summed E-state index contributed by atoms with van der Waals surface area (Å²) in [4.78, 5) is 15.5. The van der Waals surface area contributed by atoms with Crippen LogP contribution in [0.15, 0.2) is 71.1 Å². The van der Waals surface area contributed by atoms with Crippen molar-refractivity contribution in [2.45, 2.75) is 24.0 Å². The number of carboxylic acid groups (broad SMARTS) is 1. The molecule has 2 N–H and O–H groups in total. The molecule has 35 heavy (non-hydrogen) atoms. The number of aromatic nitrogens is 1. The summed E-state index contributed by atoms with van der Waals surface area (Å²) in [7, 11) is -2.60. The first kappa shape index (κ1) is 23.3. The number of anilines is 1. The minimum atomic E-state index is -3.95. The largest absolute Gasteiger partial charge is 0.495 e. The number of allylic oxidation sites excluding steroid dienone is 3. The van der Waals surface area contributed by atoms with Gasteiger partial charge in [-0.1, -0.05) is 49.4 Å². The number of methoxy groups -OCH3 is 1. The molecule has 7 nitrogen and oxygen atoms in total. The van der Waals surface area contributed by atoms with E-state index in [0.717, 1.165) is 35.3 Å². The van der Waals surface area contributed by atoms with E-state index < -0.39 is 16.0 Å². The molecular formula is C26H24N2O5S2. The van der Waals surface area contributed by atoms with E-state index in [-0.39, 0.29) is 26.6 Å². The van der Waals surface area contributed by atoms with Gasteiger partial charge < -0.3 is 9.84 Å². The van der Waals surface area contributed by atoms with Crippen molar-refractivity contribution < 1.29 is 23.1 Å². The minimum Gasteiger partial charge on any atom is -0.495 e. The van der Waals surface area contributed by atoms with Gasteiger partial charge in [-0.2, -0.15) is 0 Å². The van der Waals surface area contributed by atoms with Crippen LogP contribution >= 0.6 is 11.3 Å². The number of fused-ring (bicyclic) bond motifs is 2. The normalized spacial score (nSPS) is 21.1. The van der Waals surface area contributed by atoms with Gasteiger partial charge in [0.15, 0.2) is 4.21 Å². The smallest absolute Gasteiger partial charge is 0.335 e. The number of thiazole rings is 1. The number of aromatic carboxylic acids is 1. The molecule has 2 aromatic carbocycles. The maximum Gasteiger partial charge on any atom is 0.335 e. The average molecular weight is 509 g/mol. The zero-order valence-corrected chi connectivity index (χ0v) is 20.9. The molecule has 5 rings (SSSR count). The topological polar surface area (TPSA) is 106 Å². The third-order valence-electron chi connectivity index (χ3n) is 6.96. The van der Waals surface area contributed by atoms with Crippen molar-refractivity contribution in [2.24, 2.45) is 11.3 Å². The molecule has 0 spiro atoms. The van der Waals surface area contributed by atoms with Gasteiger partial charge in [0.2, 0.25) is 0 Å². The number of ether oxygens (including phenoxy) is 1. The molecule has 0 aliphatic heterocycles. The Morgan fingerprint density at radius 1 is 1.23 bits per heavy atom. The summed E-state index contributed by atoms with van der Waals surface area (Å²) < 4.78 is 33.6. The maximum atomic E-state index is 13.0. The zero-order valence-electron chi connectivity index (χ0n) is 19.2. The lowest BCUT2D eigenvalue weighted by atomic mass is 9.77. The summed E-state index contributed by atoms with van der Waals surface area (Å²) in [6.07, 6.45) is 5.93. The van der Waals surface area contributed by atoms with Gasteiger partial charge in [0.25, 0.3) is 10.0 Å². The highest BCUT2D eigenvalue weighted by Crippen LogP contribution is 2.59. The molecule has 1 heterocycles. The van der Waals surface area contributed by atoms with Gasteiger partial charge in [0.1, 0.15) is 10.8 Å². The second-order valence-corrected chi connectivity index (χ2v) is 11.9. The number of sulfonamides is 1. The van der Waals surface area contributed by atoms with E-state index in [1.54, 1.807) is 0 Å². The van der Waals surface area contributed by atoms with E-state index in [1.807, 2.05) is 12.1 Å². The van der Waals surface area contributed by atoms with Crippen LogP contribution in [0.3, 0.4) is 0 Å². The molecule has 2 atom stereocenters. The number of nitrogens with zero attached hydrogens (tertiary/aromatic N) is 1. The van der Waals surface area contributed by atoms with Crippen molar-refractivity contribution in [1.29, 1.82) is 0 Å². The summed E-state index contributed by atoms with van der Waals surface area (Å²) >= 11 is 1.06. The van der Waals surface area contributed by atoms with Crippen LogP contribution < -0.4 is 9.46 Å². The summed E-state index contributed by atoms with van der Waals surface area (Å²) in [5.41, 5.74) is 4.77. The molecule has 1 aromatic heterocycles. The van der Waals surface area contributed by atoms with E-state index in [1.165, 1.54) is 42.7 Å². The molecule has 9 heteroatoms. The number of benzene rings is 2. The van der Waals surface area contributed by atoms with Crippen molar-refractivity contribution in [3.8, 4) is 16.3 Å². The van der Waals surface area contributed by atoms with E-state index in [2.05, 4.69) is 41.4 Å². The Hall–Kier alpha value is -3.43. The lowest BCUT2D eigenvalue weighted by molar-refractivity contribution is 0.0696. The molecule has 2 aliphatic carbocycles. The Balaban J connectivity index is 1.37. The fourth-order valence-electron chi connectivity index (χ4n) is 4.89. The second-order valence-electron chi connectivity index (χ2n) is 8.97. The van der Waals surface area contributed by atoms with Gasteiger partial charge in [-0.05, 0) is 48.1 Å². The van der Waals surface area contributed by atoms with Crippen LogP contribution in [-0.4, -0.2) is 31.6 Å². The van der Waals surface area contributed by atoms with Crippen LogP contribution in [0.5, 0.6) is 5.75 Å². The molecule has 0 amide bonds. The number of carboxylic acids is 1. The first-order chi connectivity index (χ1) is 16.6. The zero-order chi connectivity index (χ0) is 25.0. The average Bonchev–Trinajstić information content (AvgIpc) is 3.51. The molecule has 2 aliphatic rings. The first-order valence-corrected chi connectivity index (χ1v) is 13.3. The Labute approximate surface area is 207 Å². The molecule has 3 aromatic rings. The van der Waals surface area contributed by atoms with Gasteiger partial charge in [-0.25, -0.2) is 18.2 Å². The van der Waals surface area contributed by atoms with Gasteiger partial charge in [-0.15, -0.1) is 11.3 Å². The predicted octanol–water partition coefficient (Wildman–Crippen LogP) is 5.69. The Kier molecular flexibility index (Phi) is 5.56. The molecule has 0 radical (unpaired) electrons. The summed E-state index contributed by atoms with van der Waals surface area (Å²) in [5.74, 6) is -0.556. The molecule has 0 unspecified atom stereocenters. The highest BCUT2D eigenvalue weighted by molar-refractivity contribution is 7.94. The quantitative estimate of drug-likeness (QED) is 0.397. The molecular weight excluding hydrogens is 484 g/mol. The van der Waals surface area contributed by atoms with Crippen molar-refractivity contribution in [2.75, 3.05) is 11.8 Å². The molecule has 1 saturated carbocycles. The van der Waals surface area contributed by atoms with Crippen LogP contribution in [0.25, 0.3) is 16.1 Å². The number of rotatable bonds is 7. The minimum absolute atomic E-state index is 0.00664. The standard InChI is InChI=1S/C26H24N2O5S2/c1-15-18-10-11-26(15,2)20(12-18)16-4-6-17(7-5-16)24-27-14-23(34-24)35(31,32)28-21-9-8-19(25(29)30)13-22(21)33-3/h4-9,12-14,18,28H,1,10-11H2,2-3H3,(H,29,30)/t18-,26-/m1/s1. The summed E-state index contributed by atoms with van der Waals surface area (Å²) in [6.45, 7) is 6.57. The van der Waals surface area contributed by atoms with Gasteiger partial charge in [0, 0.05) is 11.0 Å². The van der Waals surface area contributed by atoms with E-state index in [0.29, 0.717) is 10.9 Å². The van der Waals surface area contributed by atoms with Crippen LogP contribution in [0, 0.1) is 11.3 Å². The van der Waals surface area contributed by atoms with Crippen molar-refractivity contribution in [3.63, 3.8) is 0 Å². The van der Waals surface area contributed by atoms with Crippen molar-refractivity contribution in [1.82, 2.24) is 4.98 Å². The van der Waals surface area contributed by atoms with Crippen LogP contribution in [0.4, 0.5) is 5.69 Å². The number of hydrogen-bond acceptors (Lipinski definition) is 6. The van der Waals surface area contributed by atoms with Crippen LogP contribution in [0.1, 0.15) is 35.7 Å². The van der Waals surface area contributed by atoms with Crippen LogP contribution in [-0.2, 0) is 10.0 Å². The summed E-state index contributed by atoms with van der Waals surface area (Å²) in [5, 5.41) is 9.73. The van der Waals surface area contributed by atoms with E-state index in [9.17, 15) is 13.2 Å². The van der Waals surface area contributed by atoms with Crippen molar-refractivity contribution in [3.05, 3.63) is 78.0 Å².